The average molecular weight is 338 g/mol. The Morgan fingerprint density at radius 1 is 1.30 bits per heavy atom. The van der Waals surface area contributed by atoms with Crippen molar-refractivity contribution < 1.29 is 4.74 Å². The van der Waals surface area contributed by atoms with Crippen molar-refractivity contribution in [2.45, 2.75) is 33.2 Å². The average Bonchev–Trinajstić information content (AvgIpc) is 2.64. The normalized spacial score (nSPS) is 11.7. The van der Waals surface area contributed by atoms with Gasteiger partial charge in [0.25, 0.3) is 0 Å². The number of benzene rings is 1. The second-order valence-corrected chi connectivity index (χ2v) is 6.60. The highest BCUT2D eigenvalue weighted by Crippen LogP contribution is 2.35. The van der Waals surface area contributed by atoms with E-state index in [0.717, 1.165) is 27.3 Å². The molecule has 0 fully saturated rings. The molecular formula is C15H20BrN3O. The van der Waals surface area contributed by atoms with Crippen LogP contribution in [0.4, 0.5) is 5.82 Å². The van der Waals surface area contributed by atoms with Crippen molar-refractivity contribution in [1.82, 2.24) is 9.55 Å². The molecule has 0 radical (unpaired) electrons. The lowest BCUT2D eigenvalue weighted by atomic mass is 10.1. The van der Waals surface area contributed by atoms with E-state index >= 15 is 0 Å². The molecule has 5 heteroatoms. The highest BCUT2D eigenvalue weighted by molar-refractivity contribution is 9.10. The van der Waals surface area contributed by atoms with Crippen LogP contribution in [0.15, 0.2) is 22.7 Å². The first kappa shape index (κ1) is 14.9. The minimum Gasteiger partial charge on any atom is -0.496 e. The lowest BCUT2D eigenvalue weighted by Crippen LogP contribution is -2.24. The Labute approximate surface area is 128 Å². The Hall–Kier alpha value is -1.49. The molecule has 108 valence electrons. The zero-order valence-corrected chi connectivity index (χ0v) is 14.1. The number of nitrogen functional groups attached to an aromatic ring is 1. The molecule has 0 aliphatic carbocycles. The molecular weight excluding hydrogens is 318 g/mol. The number of rotatable bonds is 2. The smallest absolute Gasteiger partial charge is 0.133 e. The molecule has 2 aromatic rings. The molecule has 0 spiro atoms. The molecule has 2 rings (SSSR count). The van der Waals surface area contributed by atoms with Gasteiger partial charge in [-0.15, -0.1) is 0 Å². The predicted octanol–water partition coefficient (Wildman–Crippen LogP) is 3.97. The van der Waals surface area contributed by atoms with Crippen LogP contribution in [-0.2, 0) is 5.54 Å². The van der Waals surface area contributed by atoms with Crippen molar-refractivity contribution in [1.29, 1.82) is 0 Å². The first-order valence-electron chi connectivity index (χ1n) is 6.45. The van der Waals surface area contributed by atoms with Crippen molar-refractivity contribution >= 4 is 21.7 Å². The molecule has 0 aliphatic rings. The van der Waals surface area contributed by atoms with Gasteiger partial charge in [-0.2, -0.15) is 0 Å². The van der Waals surface area contributed by atoms with Gasteiger partial charge in [-0.1, -0.05) is 0 Å². The van der Waals surface area contributed by atoms with E-state index in [-0.39, 0.29) is 5.54 Å². The van der Waals surface area contributed by atoms with Crippen molar-refractivity contribution in [2.75, 3.05) is 12.8 Å². The number of hydrogen-bond acceptors (Lipinski definition) is 3. The number of nitrogens with two attached hydrogens (primary N) is 1. The largest absolute Gasteiger partial charge is 0.496 e. The van der Waals surface area contributed by atoms with Gasteiger partial charge in [0.1, 0.15) is 23.1 Å². The number of imidazole rings is 1. The van der Waals surface area contributed by atoms with Gasteiger partial charge in [0.15, 0.2) is 0 Å². The monoisotopic (exact) mass is 337 g/mol. The van der Waals surface area contributed by atoms with Crippen LogP contribution in [0.2, 0.25) is 0 Å². The van der Waals surface area contributed by atoms with Crippen LogP contribution < -0.4 is 10.5 Å². The summed E-state index contributed by atoms with van der Waals surface area (Å²) in [6.45, 7) is 8.33. The predicted molar refractivity (Wildman–Crippen MR) is 86.1 cm³/mol. The number of aromatic nitrogens is 2. The molecule has 1 aromatic heterocycles. The fraction of sp³-hybridized carbons (Fsp3) is 0.400. The van der Waals surface area contributed by atoms with E-state index in [9.17, 15) is 0 Å². The number of anilines is 1. The van der Waals surface area contributed by atoms with Gasteiger partial charge in [-0.05, 0) is 61.8 Å². The Morgan fingerprint density at radius 3 is 2.40 bits per heavy atom. The van der Waals surface area contributed by atoms with Gasteiger partial charge in [-0.3, -0.25) is 0 Å². The summed E-state index contributed by atoms with van der Waals surface area (Å²) in [6.07, 6.45) is 0. The fourth-order valence-corrected chi connectivity index (χ4v) is 2.96. The number of hydrogen-bond donors (Lipinski definition) is 1. The Kier molecular flexibility index (Phi) is 3.82. The van der Waals surface area contributed by atoms with Gasteiger partial charge in [0.05, 0.1) is 11.6 Å². The Balaban J connectivity index is 2.57. The second kappa shape index (κ2) is 5.13. The maximum atomic E-state index is 6.30. The topological polar surface area (TPSA) is 53.1 Å². The minimum absolute atomic E-state index is 0.0941. The van der Waals surface area contributed by atoms with Crippen molar-refractivity contribution in [2.24, 2.45) is 0 Å². The van der Waals surface area contributed by atoms with Crippen LogP contribution in [0.5, 0.6) is 5.75 Å². The van der Waals surface area contributed by atoms with Crippen LogP contribution in [0.1, 0.15) is 26.6 Å². The molecule has 1 heterocycles. The van der Waals surface area contributed by atoms with E-state index in [2.05, 4.69) is 46.3 Å². The highest BCUT2D eigenvalue weighted by Gasteiger charge is 2.22. The summed E-state index contributed by atoms with van der Waals surface area (Å²) in [7, 11) is 1.65. The lowest BCUT2D eigenvalue weighted by molar-refractivity contribution is 0.393. The molecule has 2 N–H and O–H groups in total. The summed E-state index contributed by atoms with van der Waals surface area (Å²) >= 11 is 3.49. The fourth-order valence-electron chi connectivity index (χ4n) is 2.42. The van der Waals surface area contributed by atoms with Crippen LogP contribution in [-0.4, -0.2) is 16.7 Å². The van der Waals surface area contributed by atoms with Crippen molar-refractivity contribution in [3.8, 4) is 17.0 Å². The molecule has 0 aliphatic heterocycles. The van der Waals surface area contributed by atoms with Gasteiger partial charge >= 0.3 is 0 Å². The maximum Gasteiger partial charge on any atom is 0.133 e. The highest BCUT2D eigenvalue weighted by atomic mass is 79.9. The molecule has 1 aromatic carbocycles. The number of aryl methyl sites for hydroxylation is 1. The number of ether oxygens (including phenoxy) is 1. The SMILES string of the molecule is COc1ccc(-c2nc(C)n(C(C)(C)C)c2N)cc1Br. The summed E-state index contributed by atoms with van der Waals surface area (Å²) in [4.78, 5) is 4.62. The zero-order valence-electron chi connectivity index (χ0n) is 12.5. The van der Waals surface area contributed by atoms with Gasteiger partial charge < -0.3 is 15.0 Å². The molecule has 4 nitrogen and oxygen atoms in total. The zero-order chi connectivity index (χ0) is 15.1. The third-order valence-corrected chi connectivity index (χ3v) is 3.80. The second-order valence-electron chi connectivity index (χ2n) is 5.75. The molecule has 20 heavy (non-hydrogen) atoms. The van der Waals surface area contributed by atoms with Gasteiger partial charge in [0, 0.05) is 11.1 Å². The number of halogens is 1. The molecule has 0 atom stereocenters. The third-order valence-electron chi connectivity index (χ3n) is 3.18. The minimum atomic E-state index is -0.0941. The maximum absolute atomic E-state index is 6.30. The third kappa shape index (κ3) is 2.54. The van der Waals surface area contributed by atoms with E-state index in [4.69, 9.17) is 10.5 Å². The van der Waals surface area contributed by atoms with Crippen LogP contribution in [0, 0.1) is 6.92 Å². The molecule has 0 amide bonds. The van der Waals surface area contributed by atoms with Crippen molar-refractivity contribution in [3.05, 3.63) is 28.5 Å². The lowest BCUT2D eigenvalue weighted by Gasteiger charge is -2.24. The van der Waals surface area contributed by atoms with Gasteiger partial charge in [-0.25, -0.2) is 4.98 Å². The van der Waals surface area contributed by atoms with Gasteiger partial charge in [0.2, 0.25) is 0 Å². The first-order chi connectivity index (χ1) is 9.25. The first-order valence-corrected chi connectivity index (χ1v) is 7.24. The quantitative estimate of drug-likeness (QED) is 0.902. The molecule has 0 saturated carbocycles. The molecule has 0 saturated heterocycles. The van der Waals surface area contributed by atoms with E-state index in [1.165, 1.54) is 0 Å². The summed E-state index contributed by atoms with van der Waals surface area (Å²) in [5.41, 5.74) is 7.98. The van der Waals surface area contributed by atoms with E-state index < -0.39 is 0 Å². The van der Waals surface area contributed by atoms with Crippen LogP contribution in [0.3, 0.4) is 0 Å². The Bertz CT molecular complexity index is 641. The summed E-state index contributed by atoms with van der Waals surface area (Å²) in [6, 6.07) is 5.85. The van der Waals surface area contributed by atoms with E-state index in [1.54, 1.807) is 7.11 Å². The molecule has 0 unspecified atom stereocenters. The van der Waals surface area contributed by atoms with E-state index in [1.807, 2.05) is 25.1 Å². The summed E-state index contributed by atoms with van der Waals surface area (Å²) in [5, 5.41) is 0. The van der Waals surface area contributed by atoms with E-state index in [0.29, 0.717) is 5.82 Å². The van der Waals surface area contributed by atoms with Crippen LogP contribution in [0.25, 0.3) is 11.3 Å². The number of nitrogens with zero attached hydrogens (tertiary/aromatic N) is 2. The molecule has 0 bridgehead atoms. The van der Waals surface area contributed by atoms with Crippen LogP contribution >= 0.6 is 15.9 Å². The number of methoxy groups -OCH3 is 1. The van der Waals surface area contributed by atoms with Crippen molar-refractivity contribution in [3.63, 3.8) is 0 Å². The summed E-state index contributed by atoms with van der Waals surface area (Å²) in [5.74, 6) is 2.39. The standard InChI is InChI=1S/C15H20BrN3O/c1-9-18-13(14(17)19(9)15(2,3)4)10-6-7-12(20-5)11(16)8-10/h6-8H,17H2,1-5H3. The Morgan fingerprint density at radius 2 is 1.95 bits per heavy atom. The summed E-state index contributed by atoms with van der Waals surface area (Å²) < 4.78 is 8.19.